The van der Waals surface area contributed by atoms with E-state index in [2.05, 4.69) is 20.8 Å². The third-order valence-corrected chi connectivity index (χ3v) is 4.58. The maximum absolute atomic E-state index is 13.1. The lowest BCUT2D eigenvalue weighted by Gasteiger charge is -2.15. The van der Waals surface area contributed by atoms with Crippen LogP contribution in [0.2, 0.25) is 0 Å². The van der Waals surface area contributed by atoms with Gasteiger partial charge in [-0.1, -0.05) is 0 Å². The second-order valence-corrected chi connectivity index (χ2v) is 6.66. The predicted molar refractivity (Wildman–Crippen MR) is 93.8 cm³/mol. The molecule has 2 aromatic rings. The minimum absolute atomic E-state index is 0.0249. The lowest BCUT2D eigenvalue weighted by Crippen LogP contribution is -2.27. The maximum Gasteiger partial charge on any atom is 0.435 e. The van der Waals surface area contributed by atoms with Crippen LogP contribution in [0.1, 0.15) is 60.5 Å². The van der Waals surface area contributed by atoms with Gasteiger partial charge in [0, 0.05) is 31.4 Å². The van der Waals surface area contributed by atoms with Crippen molar-refractivity contribution in [1.29, 1.82) is 0 Å². The SMILES string of the molecule is CCn1cc(NC(=O)C(C)n2nc(C(F)(F)F)cc2C2CC2)c(C(=O)NC)n1. The molecule has 1 atom stereocenters. The van der Waals surface area contributed by atoms with Crippen LogP contribution in [0.3, 0.4) is 0 Å². The highest BCUT2D eigenvalue weighted by Crippen LogP contribution is 2.43. The van der Waals surface area contributed by atoms with Crippen LogP contribution in [0.25, 0.3) is 0 Å². The number of aryl methyl sites for hydroxylation is 1. The quantitative estimate of drug-likeness (QED) is 0.782. The van der Waals surface area contributed by atoms with Crippen LogP contribution in [0.4, 0.5) is 18.9 Å². The Bertz CT molecular complexity index is 897. The van der Waals surface area contributed by atoms with E-state index in [-0.39, 0.29) is 17.3 Å². The van der Waals surface area contributed by atoms with Crippen molar-refractivity contribution >= 4 is 17.5 Å². The van der Waals surface area contributed by atoms with Crippen LogP contribution in [-0.4, -0.2) is 38.4 Å². The number of rotatable bonds is 6. The number of alkyl halides is 3. The summed E-state index contributed by atoms with van der Waals surface area (Å²) in [5.41, 5.74) is -0.400. The molecule has 1 unspecified atom stereocenters. The molecular formula is C17H21F3N6O2. The predicted octanol–water partition coefficient (Wildman–Crippen LogP) is 2.56. The first-order valence-corrected chi connectivity index (χ1v) is 8.92. The Morgan fingerprint density at radius 1 is 1.32 bits per heavy atom. The average Bonchev–Trinajstić information content (AvgIpc) is 3.25. The molecule has 0 spiro atoms. The van der Waals surface area contributed by atoms with Crippen molar-refractivity contribution in [2.75, 3.05) is 12.4 Å². The van der Waals surface area contributed by atoms with Gasteiger partial charge in [-0.3, -0.25) is 19.0 Å². The minimum atomic E-state index is -4.58. The number of nitrogens with one attached hydrogen (secondary N) is 2. The van der Waals surface area contributed by atoms with E-state index in [4.69, 9.17) is 0 Å². The van der Waals surface area contributed by atoms with Crippen molar-refractivity contribution in [3.8, 4) is 0 Å². The van der Waals surface area contributed by atoms with E-state index in [1.165, 1.54) is 24.9 Å². The molecule has 1 aliphatic carbocycles. The van der Waals surface area contributed by atoms with Crippen LogP contribution in [0, 0.1) is 0 Å². The zero-order chi connectivity index (χ0) is 20.6. The molecule has 1 aliphatic rings. The molecule has 1 fully saturated rings. The Labute approximate surface area is 159 Å². The fraction of sp³-hybridized carbons (Fsp3) is 0.529. The van der Waals surface area contributed by atoms with E-state index < -0.39 is 29.7 Å². The van der Waals surface area contributed by atoms with Crippen molar-refractivity contribution in [1.82, 2.24) is 24.9 Å². The number of amides is 2. The first kappa shape index (κ1) is 19.9. The normalized spacial score (nSPS) is 15.4. The molecular weight excluding hydrogens is 377 g/mol. The van der Waals surface area contributed by atoms with E-state index in [9.17, 15) is 22.8 Å². The van der Waals surface area contributed by atoms with Gasteiger partial charge in [-0.05, 0) is 32.8 Å². The Morgan fingerprint density at radius 3 is 2.54 bits per heavy atom. The summed E-state index contributed by atoms with van der Waals surface area (Å²) in [5.74, 6) is -1.09. The third-order valence-electron chi connectivity index (χ3n) is 4.58. The van der Waals surface area contributed by atoms with Crippen LogP contribution < -0.4 is 10.6 Å². The number of hydrogen-bond acceptors (Lipinski definition) is 4. The number of halogens is 3. The molecule has 2 heterocycles. The van der Waals surface area contributed by atoms with Crippen molar-refractivity contribution in [2.24, 2.45) is 0 Å². The highest BCUT2D eigenvalue weighted by molar-refractivity contribution is 6.02. The summed E-state index contributed by atoms with van der Waals surface area (Å²) in [7, 11) is 1.44. The van der Waals surface area contributed by atoms with Gasteiger partial charge in [-0.15, -0.1) is 0 Å². The second-order valence-electron chi connectivity index (χ2n) is 6.66. The lowest BCUT2D eigenvalue weighted by molar-refractivity contribution is -0.141. The molecule has 0 bridgehead atoms. The molecule has 0 aromatic carbocycles. The molecule has 0 radical (unpaired) electrons. The van der Waals surface area contributed by atoms with Gasteiger partial charge in [-0.2, -0.15) is 23.4 Å². The van der Waals surface area contributed by atoms with Gasteiger partial charge in [0.15, 0.2) is 11.4 Å². The summed E-state index contributed by atoms with van der Waals surface area (Å²) in [6.45, 7) is 3.77. The number of aromatic nitrogens is 4. The number of carbonyl (C=O) groups excluding carboxylic acids is 2. The highest BCUT2D eigenvalue weighted by atomic mass is 19.4. The van der Waals surface area contributed by atoms with Crippen LogP contribution >= 0.6 is 0 Å². The zero-order valence-corrected chi connectivity index (χ0v) is 15.7. The van der Waals surface area contributed by atoms with Gasteiger partial charge in [0.05, 0.1) is 5.69 Å². The zero-order valence-electron chi connectivity index (χ0n) is 15.7. The largest absolute Gasteiger partial charge is 0.435 e. The summed E-state index contributed by atoms with van der Waals surface area (Å²) in [5, 5.41) is 12.8. The molecule has 0 saturated heterocycles. The second kappa shape index (κ2) is 7.28. The minimum Gasteiger partial charge on any atom is -0.354 e. The lowest BCUT2D eigenvalue weighted by atomic mass is 10.2. The van der Waals surface area contributed by atoms with Crippen LogP contribution in [0.15, 0.2) is 12.3 Å². The van der Waals surface area contributed by atoms with Gasteiger partial charge < -0.3 is 10.6 Å². The van der Waals surface area contributed by atoms with Crippen molar-refractivity contribution in [3.05, 3.63) is 29.3 Å². The molecule has 1 saturated carbocycles. The van der Waals surface area contributed by atoms with E-state index in [0.29, 0.717) is 12.2 Å². The molecule has 3 rings (SSSR count). The monoisotopic (exact) mass is 398 g/mol. The first-order chi connectivity index (χ1) is 13.2. The molecule has 2 N–H and O–H groups in total. The van der Waals surface area contributed by atoms with Crippen molar-refractivity contribution in [3.63, 3.8) is 0 Å². The number of anilines is 1. The van der Waals surface area contributed by atoms with E-state index in [1.807, 2.05) is 6.92 Å². The van der Waals surface area contributed by atoms with E-state index >= 15 is 0 Å². The number of hydrogen-bond donors (Lipinski definition) is 2. The fourth-order valence-corrected chi connectivity index (χ4v) is 2.85. The molecule has 152 valence electrons. The van der Waals surface area contributed by atoms with Crippen LogP contribution in [0.5, 0.6) is 0 Å². The first-order valence-electron chi connectivity index (χ1n) is 8.92. The summed E-state index contributed by atoms with van der Waals surface area (Å²) >= 11 is 0. The molecule has 28 heavy (non-hydrogen) atoms. The molecule has 11 heteroatoms. The van der Waals surface area contributed by atoms with Gasteiger partial charge in [0.2, 0.25) is 5.91 Å². The van der Waals surface area contributed by atoms with Gasteiger partial charge in [0.1, 0.15) is 6.04 Å². The van der Waals surface area contributed by atoms with Crippen molar-refractivity contribution in [2.45, 2.75) is 51.4 Å². The van der Waals surface area contributed by atoms with Crippen LogP contribution in [-0.2, 0) is 17.5 Å². The molecule has 0 aliphatic heterocycles. The fourth-order valence-electron chi connectivity index (χ4n) is 2.85. The molecule has 2 amide bonds. The van der Waals surface area contributed by atoms with Gasteiger partial charge >= 0.3 is 6.18 Å². The van der Waals surface area contributed by atoms with Crippen molar-refractivity contribution < 1.29 is 22.8 Å². The number of carbonyl (C=O) groups is 2. The molecule has 2 aromatic heterocycles. The Morgan fingerprint density at radius 2 is 2.00 bits per heavy atom. The highest BCUT2D eigenvalue weighted by Gasteiger charge is 2.39. The summed E-state index contributed by atoms with van der Waals surface area (Å²) < 4.78 is 41.8. The summed E-state index contributed by atoms with van der Waals surface area (Å²) in [4.78, 5) is 24.7. The Kier molecular flexibility index (Phi) is 5.18. The number of nitrogens with zero attached hydrogens (tertiary/aromatic N) is 4. The maximum atomic E-state index is 13.1. The van der Waals surface area contributed by atoms with E-state index in [1.54, 1.807) is 0 Å². The standard InChI is InChI=1S/C17H21F3N6O2/c1-4-25-8-11(14(24-25)16(28)21-3)22-15(27)9(2)26-12(10-5-6-10)7-13(23-26)17(18,19)20/h7-10H,4-6H2,1-3H3,(H,21,28)(H,22,27). The van der Waals surface area contributed by atoms with Gasteiger partial charge in [-0.25, -0.2) is 0 Å². The van der Waals surface area contributed by atoms with Gasteiger partial charge in [0.25, 0.3) is 5.91 Å². The Hall–Kier alpha value is -2.85. The topological polar surface area (TPSA) is 93.8 Å². The Balaban J connectivity index is 1.87. The molecule has 8 nitrogen and oxygen atoms in total. The summed E-state index contributed by atoms with van der Waals surface area (Å²) in [6.07, 6.45) is -1.55. The summed E-state index contributed by atoms with van der Waals surface area (Å²) in [6, 6.07) is 0.0150. The third kappa shape index (κ3) is 3.87. The smallest absolute Gasteiger partial charge is 0.354 e. The van der Waals surface area contributed by atoms with E-state index in [0.717, 1.165) is 23.6 Å². The average molecular weight is 398 g/mol.